The molecule has 5 nitrogen and oxygen atoms in total. The number of fused-ring (bicyclic) bond motifs is 1. The summed E-state index contributed by atoms with van der Waals surface area (Å²) >= 11 is 3.54. The number of quaternary nitrogens is 2. The third kappa shape index (κ3) is 1.77. The fourth-order valence-corrected chi connectivity index (χ4v) is 6.47. The highest BCUT2D eigenvalue weighted by Gasteiger charge is 2.70. The minimum atomic E-state index is -0.221. The maximum atomic E-state index is 12.8. The van der Waals surface area contributed by atoms with E-state index >= 15 is 0 Å². The van der Waals surface area contributed by atoms with Gasteiger partial charge >= 0.3 is 0 Å². The smallest absolute Gasteiger partial charge is 0.244 e. The number of ketones is 1. The van der Waals surface area contributed by atoms with Crippen molar-refractivity contribution < 1.29 is 19.4 Å². The largest absolute Gasteiger partial charge is 0.325 e. The molecule has 1 amide bonds. The fraction of sp³-hybridized carbons (Fsp3) is 0.556. The Balaban J connectivity index is 1.58. The van der Waals surface area contributed by atoms with Crippen LogP contribution in [0.4, 0.5) is 5.69 Å². The van der Waals surface area contributed by atoms with Crippen molar-refractivity contribution in [2.75, 3.05) is 31.5 Å². The predicted molar refractivity (Wildman–Crippen MR) is 91.9 cm³/mol. The first-order chi connectivity index (χ1) is 11.3. The van der Waals surface area contributed by atoms with E-state index < -0.39 is 0 Å². The molecule has 0 unspecified atom stereocenters. The molecular formula is C18H22BrN3O2+2. The average Bonchev–Trinajstić information content (AvgIpc) is 2.79. The maximum absolute atomic E-state index is 12.8. The van der Waals surface area contributed by atoms with Gasteiger partial charge in [0.15, 0.2) is 11.7 Å². The summed E-state index contributed by atoms with van der Waals surface area (Å²) in [5, 5.41) is 3.06. The number of halogens is 1. The second-order valence-electron chi connectivity index (χ2n) is 8.65. The lowest BCUT2D eigenvalue weighted by molar-refractivity contribution is -1.17. The standard InChI is InChI=1S/C18H20BrN3O2/c1-17-6-21-8-18(2,16(17)24)9-22(7-17)15(21)13-11-5-10(19)3-4-12(11)20-14(13)23/h3-5,13,15H,6-9H2,1-2H3,(H,20,23)/p+2/t13-,15?,17?,18?/m0/s1. The van der Waals surface area contributed by atoms with Crippen LogP contribution in [0.5, 0.6) is 0 Å². The molecule has 1 atom stereocenters. The third-order valence-corrected chi connectivity index (χ3v) is 7.16. The molecule has 0 spiro atoms. The number of nitrogens with one attached hydrogen (secondary N) is 3. The van der Waals surface area contributed by atoms with E-state index in [1.54, 1.807) is 0 Å². The van der Waals surface area contributed by atoms with E-state index in [4.69, 9.17) is 0 Å². The van der Waals surface area contributed by atoms with Crippen molar-refractivity contribution in [1.82, 2.24) is 0 Å². The van der Waals surface area contributed by atoms with Crippen LogP contribution < -0.4 is 15.1 Å². The van der Waals surface area contributed by atoms with Gasteiger partial charge in [-0.05, 0) is 32.0 Å². The van der Waals surface area contributed by atoms with Crippen molar-refractivity contribution in [2.45, 2.75) is 25.9 Å². The first-order valence-electron chi connectivity index (χ1n) is 8.65. The SMILES string of the molecule is CC12C[NH+]3CC(C)(C[NH+](C1)C3[C@@H]1C(=O)Nc3ccc(Br)cc31)C2=O. The van der Waals surface area contributed by atoms with E-state index in [9.17, 15) is 9.59 Å². The first kappa shape index (κ1) is 15.0. The van der Waals surface area contributed by atoms with Gasteiger partial charge in [0.25, 0.3) is 0 Å². The zero-order valence-corrected chi connectivity index (χ0v) is 15.5. The number of piperidine rings is 2. The quantitative estimate of drug-likeness (QED) is 0.587. The van der Waals surface area contributed by atoms with Gasteiger partial charge in [0.2, 0.25) is 12.1 Å². The molecule has 1 aromatic rings. The molecule has 4 saturated heterocycles. The predicted octanol–water partition coefficient (Wildman–Crippen LogP) is -0.797. The van der Waals surface area contributed by atoms with E-state index in [1.165, 1.54) is 9.80 Å². The topological polar surface area (TPSA) is 55.1 Å². The highest BCUT2D eigenvalue weighted by Crippen LogP contribution is 2.39. The molecule has 1 aromatic carbocycles. The van der Waals surface area contributed by atoms with E-state index in [2.05, 4.69) is 41.2 Å². The van der Waals surface area contributed by atoms with Crippen LogP contribution in [0.3, 0.4) is 0 Å². The Labute approximate surface area is 149 Å². The van der Waals surface area contributed by atoms with Gasteiger partial charge in [0, 0.05) is 15.7 Å². The van der Waals surface area contributed by atoms with Gasteiger partial charge < -0.3 is 5.32 Å². The van der Waals surface area contributed by atoms with Crippen molar-refractivity contribution >= 4 is 33.3 Å². The summed E-state index contributed by atoms with van der Waals surface area (Å²) in [4.78, 5) is 28.5. The highest BCUT2D eigenvalue weighted by molar-refractivity contribution is 9.10. The number of hydrogen-bond donors (Lipinski definition) is 3. The number of benzene rings is 1. The molecule has 4 bridgehead atoms. The second kappa shape index (κ2) is 4.48. The average molecular weight is 392 g/mol. The summed E-state index contributed by atoms with van der Waals surface area (Å²) in [6, 6.07) is 6.03. The van der Waals surface area contributed by atoms with Gasteiger partial charge in [-0.3, -0.25) is 19.4 Å². The lowest BCUT2D eigenvalue weighted by atomic mass is 9.61. The molecule has 3 N–H and O–H groups in total. The molecule has 6 heteroatoms. The molecule has 4 fully saturated rings. The molecule has 0 aliphatic carbocycles. The Morgan fingerprint density at radius 2 is 1.67 bits per heavy atom. The van der Waals surface area contributed by atoms with Crippen molar-refractivity contribution in [3.05, 3.63) is 28.2 Å². The van der Waals surface area contributed by atoms with Crippen LogP contribution in [0, 0.1) is 10.8 Å². The Morgan fingerprint density at radius 1 is 1.08 bits per heavy atom. The number of Topliss-reactive ketones (excluding diaryl/α,β-unsaturated/α-hetero) is 1. The van der Waals surface area contributed by atoms with Crippen LogP contribution in [0.25, 0.3) is 0 Å². The van der Waals surface area contributed by atoms with E-state index in [0.29, 0.717) is 5.78 Å². The normalized spacial score (nSPS) is 45.5. The zero-order valence-electron chi connectivity index (χ0n) is 13.9. The van der Waals surface area contributed by atoms with Crippen molar-refractivity contribution in [3.8, 4) is 0 Å². The summed E-state index contributed by atoms with van der Waals surface area (Å²) in [6.07, 6.45) is 0.217. The second-order valence-corrected chi connectivity index (χ2v) is 9.57. The summed E-state index contributed by atoms with van der Waals surface area (Å²) in [5.74, 6) is 0.437. The Hall–Kier alpha value is -1.24. The number of anilines is 1. The van der Waals surface area contributed by atoms with Gasteiger partial charge in [-0.2, -0.15) is 0 Å². The molecular weight excluding hydrogens is 370 g/mol. The summed E-state index contributed by atoms with van der Waals surface area (Å²) in [6.45, 7) is 7.71. The van der Waals surface area contributed by atoms with Crippen molar-refractivity contribution in [2.24, 2.45) is 10.8 Å². The minimum Gasteiger partial charge on any atom is -0.325 e. The number of carbonyl (C=O) groups is 2. The van der Waals surface area contributed by atoms with Crippen molar-refractivity contribution in [3.63, 3.8) is 0 Å². The van der Waals surface area contributed by atoms with Crippen LogP contribution >= 0.6 is 15.9 Å². The lowest BCUT2D eigenvalue weighted by Crippen LogP contribution is -3.45. The number of amides is 1. The molecule has 6 rings (SSSR count). The van der Waals surface area contributed by atoms with Gasteiger partial charge in [-0.25, -0.2) is 0 Å². The Kier molecular flexibility index (Phi) is 2.81. The van der Waals surface area contributed by atoms with E-state index in [1.807, 2.05) is 12.1 Å². The van der Waals surface area contributed by atoms with Crippen LogP contribution in [0.1, 0.15) is 25.3 Å². The molecule has 5 aliphatic rings. The monoisotopic (exact) mass is 391 g/mol. The molecule has 24 heavy (non-hydrogen) atoms. The lowest BCUT2D eigenvalue weighted by Gasteiger charge is -2.59. The summed E-state index contributed by atoms with van der Waals surface area (Å²) in [5.41, 5.74) is 1.61. The Morgan fingerprint density at radius 3 is 2.25 bits per heavy atom. The van der Waals surface area contributed by atoms with Gasteiger partial charge in [0.1, 0.15) is 10.8 Å². The summed E-state index contributed by atoms with van der Waals surface area (Å²) < 4.78 is 1.01. The molecule has 5 aliphatic heterocycles. The van der Waals surface area contributed by atoms with E-state index in [0.717, 1.165) is 41.9 Å². The third-order valence-electron chi connectivity index (χ3n) is 6.67. The molecule has 126 valence electrons. The minimum absolute atomic E-state index is 0.113. The molecule has 0 radical (unpaired) electrons. The summed E-state index contributed by atoms with van der Waals surface area (Å²) in [7, 11) is 0. The van der Waals surface area contributed by atoms with Crippen LogP contribution in [0.2, 0.25) is 0 Å². The molecule has 5 heterocycles. The Bertz CT molecular complexity index is 752. The van der Waals surface area contributed by atoms with Gasteiger partial charge in [-0.1, -0.05) is 15.9 Å². The van der Waals surface area contributed by atoms with Crippen molar-refractivity contribution in [1.29, 1.82) is 0 Å². The molecule has 0 aromatic heterocycles. The fourth-order valence-electron chi connectivity index (χ4n) is 6.09. The zero-order chi connectivity index (χ0) is 16.9. The van der Waals surface area contributed by atoms with Crippen LogP contribution in [0.15, 0.2) is 22.7 Å². The number of carbonyl (C=O) groups excluding carboxylic acids is 2. The van der Waals surface area contributed by atoms with Gasteiger partial charge in [0.05, 0.1) is 26.2 Å². The first-order valence-corrected chi connectivity index (χ1v) is 9.44. The number of hydrogen-bond acceptors (Lipinski definition) is 2. The highest BCUT2D eigenvalue weighted by atomic mass is 79.9. The molecule has 0 saturated carbocycles. The van der Waals surface area contributed by atoms with Crippen LogP contribution in [-0.4, -0.2) is 44.0 Å². The van der Waals surface area contributed by atoms with Crippen LogP contribution in [-0.2, 0) is 9.59 Å². The van der Waals surface area contributed by atoms with E-state index in [-0.39, 0.29) is 28.8 Å². The van der Waals surface area contributed by atoms with Gasteiger partial charge in [-0.15, -0.1) is 0 Å². The number of rotatable bonds is 1. The maximum Gasteiger partial charge on any atom is 0.244 e.